The highest BCUT2D eigenvalue weighted by Gasteiger charge is 2.34. The van der Waals surface area contributed by atoms with Gasteiger partial charge in [-0.2, -0.15) is 5.26 Å². The Bertz CT molecular complexity index is 877. The predicted molar refractivity (Wildman–Crippen MR) is 98.7 cm³/mol. The second-order valence-electron chi connectivity index (χ2n) is 6.24. The van der Waals surface area contributed by atoms with Crippen LogP contribution in [0.25, 0.3) is 0 Å². The molecule has 2 amide bonds. The van der Waals surface area contributed by atoms with Gasteiger partial charge in [-0.05, 0) is 37.3 Å². The molecule has 7 heteroatoms. The summed E-state index contributed by atoms with van der Waals surface area (Å²) in [5.41, 5.74) is 1.65. The minimum atomic E-state index is -0.457. The summed E-state index contributed by atoms with van der Waals surface area (Å²) in [6.07, 6.45) is 1.83. The molecule has 0 aliphatic carbocycles. The van der Waals surface area contributed by atoms with E-state index in [9.17, 15) is 9.59 Å². The van der Waals surface area contributed by atoms with Crippen LogP contribution in [-0.2, 0) is 16.1 Å². The van der Waals surface area contributed by atoms with Gasteiger partial charge in [-0.1, -0.05) is 6.07 Å². The lowest BCUT2D eigenvalue weighted by Gasteiger charge is -2.17. The number of amides is 2. The van der Waals surface area contributed by atoms with Crippen molar-refractivity contribution < 1.29 is 14.3 Å². The highest BCUT2D eigenvalue weighted by Crippen LogP contribution is 2.28. The second-order valence-corrected chi connectivity index (χ2v) is 6.24. The number of nitrogens with zero attached hydrogens (tertiary/aromatic N) is 3. The van der Waals surface area contributed by atoms with Crippen molar-refractivity contribution in [3.05, 3.63) is 53.9 Å². The molecule has 27 heavy (non-hydrogen) atoms. The van der Waals surface area contributed by atoms with Crippen LogP contribution in [0, 0.1) is 17.2 Å². The maximum absolute atomic E-state index is 12.7. The van der Waals surface area contributed by atoms with Crippen molar-refractivity contribution in [3.8, 4) is 11.8 Å². The number of nitriles is 1. The molecule has 2 aromatic rings. The number of hydrogen-bond donors (Lipinski definition) is 1. The van der Waals surface area contributed by atoms with Crippen molar-refractivity contribution in [2.45, 2.75) is 19.9 Å². The fourth-order valence-electron chi connectivity index (χ4n) is 3.00. The van der Waals surface area contributed by atoms with E-state index in [2.05, 4.69) is 10.3 Å². The van der Waals surface area contributed by atoms with Gasteiger partial charge in [0.05, 0.1) is 42.1 Å². The lowest BCUT2D eigenvalue weighted by Crippen LogP contribution is -2.28. The van der Waals surface area contributed by atoms with Gasteiger partial charge in [0.15, 0.2) is 0 Å². The largest absolute Gasteiger partial charge is 0.492 e. The topological polar surface area (TPSA) is 95.3 Å². The zero-order valence-corrected chi connectivity index (χ0v) is 15.0. The van der Waals surface area contributed by atoms with Crippen LogP contribution >= 0.6 is 0 Å². The molecule has 1 aromatic carbocycles. The van der Waals surface area contributed by atoms with Gasteiger partial charge in [0, 0.05) is 19.2 Å². The summed E-state index contributed by atoms with van der Waals surface area (Å²) >= 11 is 0. The normalized spacial score (nSPS) is 16.1. The summed E-state index contributed by atoms with van der Waals surface area (Å²) in [7, 11) is 0. The maximum atomic E-state index is 12.7. The quantitative estimate of drug-likeness (QED) is 0.849. The van der Waals surface area contributed by atoms with E-state index in [1.165, 1.54) is 0 Å². The van der Waals surface area contributed by atoms with Crippen LogP contribution in [0.2, 0.25) is 0 Å². The number of anilines is 1. The molecule has 0 spiro atoms. The fraction of sp³-hybridized carbons (Fsp3) is 0.300. The van der Waals surface area contributed by atoms with Crippen LogP contribution in [0.3, 0.4) is 0 Å². The highest BCUT2D eigenvalue weighted by molar-refractivity contribution is 5.98. The second kappa shape index (κ2) is 8.32. The molecule has 2 heterocycles. The lowest BCUT2D eigenvalue weighted by atomic mass is 10.1. The molecule has 1 aromatic heterocycles. The molecule has 1 fully saturated rings. The van der Waals surface area contributed by atoms with E-state index in [-0.39, 0.29) is 18.2 Å². The van der Waals surface area contributed by atoms with E-state index in [4.69, 9.17) is 10.00 Å². The summed E-state index contributed by atoms with van der Waals surface area (Å²) in [6.45, 7) is 3.00. The number of nitrogens with one attached hydrogen (secondary N) is 1. The van der Waals surface area contributed by atoms with Gasteiger partial charge in [-0.25, -0.2) is 0 Å². The Balaban J connectivity index is 1.68. The van der Waals surface area contributed by atoms with Crippen molar-refractivity contribution in [1.82, 2.24) is 9.88 Å². The van der Waals surface area contributed by atoms with Gasteiger partial charge in [0.2, 0.25) is 11.8 Å². The standard InChI is InChI=1S/C20H20N4O3/c1-2-27-18-7-6-14(11-21)9-17(18)23-20(26)15-10-19(25)24(12-15)13-16-5-3-4-8-22-16/h3-9,15H,2,10,12-13H2,1H3,(H,23,26). The summed E-state index contributed by atoms with van der Waals surface area (Å²) < 4.78 is 5.51. The number of hydrogen-bond acceptors (Lipinski definition) is 5. The van der Waals surface area contributed by atoms with Crippen molar-refractivity contribution in [3.63, 3.8) is 0 Å². The molecule has 0 radical (unpaired) electrons. The first-order chi connectivity index (χ1) is 13.1. The lowest BCUT2D eigenvalue weighted by molar-refractivity contribution is -0.128. The van der Waals surface area contributed by atoms with Gasteiger partial charge >= 0.3 is 0 Å². The van der Waals surface area contributed by atoms with Crippen LogP contribution in [0.15, 0.2) is 42.6 Å². The van der Waals surface area contributed by atoms with E-state index in [0.717, 1.165) is 5.69 Å². The van der Waals surface area contributed by atoms with Gasteiger partial charge < -0.3 is 15.0 Å². The highest BCUT2D eigenvalue weighted by atomic mass is 16.5. The van der Waals surface area contributed by atoms with E-state index < -0.39 is 5.92 Å². The number of rotatable bonds is 6. The monoisotopic (exact) mass is 364 g/mol. The van der Waals surface area contributed by atoms with Crippen molar-refractivity contribution >= 4 is 17.5 Å². The molecule has 1 unspecified atom stereocenters. The van der Waals surface area contributed by atoms with Crippen molar-refractivity contribution in [2.75, 3.05) is 18.5 Å². The summed E-state index contributed by atoms with van der Waals surface area (Å²) in [5, 5.41) is 11.9. The van der Waals surface area contributed by atoms with Crippen LogP contribution in [0.1, 0.15) is 24.6 Å². The van der Waals surface area contributed by atoms with E-state index in [0.29, 0.717) is 36.7 Å². The average molecular weight is 364 g/mol. The van der Waals surface area contributed by atoms with Gasteiger partial charge in [0.25, 0.3) is 0 Å². The Morgan fingerprint density at radius 2 is 2.26 bits per heavy atom. The third-order valence-corrected chi connectivity index (χ3v) is 4.33. The van der Waals surface area contributed by atoms with Crippen molar-refractivity contribution in [1.29, 1.82) is 5.26 Å². The molecule has 1 aliphatic heterocycles. The molecule has 1 N–H and O–H groups in total. The number of likely N-dealkylation sites (tertiary alicyclic amines) is 1. The number of benzene rings is 1. The summed E-state index contributed by atoms with van der Waals surface area (Å²) in [6, 6.07) is 12.4. The first-order valence-corrected chi connectivity index (χ1v) is 8.76. The molecular formula is C20H20N4O3. The fourth-order valence-corrected chi connectivity index (χ4v) is 3.00. The third kappa shape index (κ3) is 4.42. The molecule has 1 atom stereocenters. The van der Waals surface area contributed by atoms with Crippen molar-refractivity contribution in [2.24, 2.45) is 5.92 Å². The Labute approximate surface area is 157 Å². The minimum Gasteiger partial charge on any atom is -0.492 e. The number of carbonyl (C=O) groups excluding carboxylic acids is 2. The van der Waals surface area contributed by atoms with Crippen LogP contribution in [0.4, 0.5) is 5.69 Å². The molecule has 3 rings (SSSR count). The molecular weight excluding hydrogens is 344 g/mol. The average Bonchev–Trinajstić information content (AvgIpc) is 3.05. The maximum Gasteiger partial charge on any atom is 0.229 e. The number of carbonyl (C=O) groups is 2. The van der Waals surface area contributed by atoms with E-state index in [1.807, 2.05) is 31.2 Å². The van der Waals surface area contributed by atoms with E-state index >= 15 is 0 Å². The zero-order chi connectivity index (χ0) is 19.2. The molecule has 1 aliphatic rings. The molecule has 0 bridgehead atoms. The van der Waals surface area contributed by atoms with Gasteiger partial charge in [-0.15, -0.1) is 0 Å². The third-order valence-electron chi connectivity index (χ3n) is 4.33. The number of pyridine rings is 1. The zero-order valence-electron chi connectivity index (χ0n) is 15.0. The van der Waals surface area contributed by atoms with Crippen LogP contribution in [0.5, 0.6) is 5.75 Å². The Morgan fingerprint density at radius 1 is 1.41 bits per heavy atom. The predicted octanol–water partition coefficient (Wildman–Crippen LogP) is 2.34. The summed E-state index contributed by atoms with van der Waals surface area (Å²) in [4.78, 5) is 30.8. The van der Waals surface area contributed by atoms with Crippen LogP contribution < -0.4 is 10.1 Å². The Morgan fingerprint density at radius 3 is 2.96 bits per heavy atom. The Kier molecular flexibility index (Phi) is 5.67. The van der Waals surface area contributed by atoms with E-state index in [1.54, 1.807) is 29.3 Å². The SMILES string of the molecule is CCOc1ccc(C#N)cc1NC(=O)C1CC(=O)N(Cc2ccccn2)C1. The van der Waals surface area contributed by atoms with Gasteiger partial charge in [0.1, 0.15) is 5.75 Å². The molecule has 0 saturated carbocycles. The first kappa shape index (κ1) is 18.4. The molecule has 1 saturated heterocycles. The molecule has 138 valence electrons. The van der Waals surface area contributed by atoms with Gasteiger partial charge in [-0.3, -0.25) is 14.6 Å². The van der Waals surface area contributed by atoms with Crippen LogP contribution in [-0.4, -0.2) is 34.8 Å². The number of ether oxygens (including phenoxy) is 1. The summed E-state index contributed by atoms with van der Waals surface area (Å²) in [5.74, 6) is -0.291. The minimum absolute atomic E-state index is 0.0726. The molecule has 7 nitrogen and oxygen atoms in total. The first-order valence-electron chi connectivity index (χ1n) is 8.76. The number of aromatic nitrogens is 1. The Hall–Kier alpha value is -3.40. The smallest absolute Gasteiger partial charge is 0.229 e.